The molecule has 1 unspecified atom stereocenters. The lowest BCUT2D eigenvalue weighted by molar-refractivity contribution is -0.150. The van der Waals surface area contributed by atoms with Gasteiger partial charge in [0, 0.05) is 29.6 Å². The van der Waals surface area contributed by atoms with Gasteiger partial charge in [0.2, 0.25) is 16.7 Å². The highest BCUT2D eigenvalue weighted by molar-refractivity contribution is 8.01. The quantitative estimate of drug-likeness (QED) is 0.0561. The molecule has 2 aliphatic rings. The van der Waals surface area contributed by atoms with Gasteiger partial charge in [0.1, 0.15) is 30.3 Å². The summed E-state index contributed by atoms with van der Waals surface area (Å²) in [5.74, 6) is -3.71. The van der Waals surface area contributed by atoms with Crippen LogP contribution in [0.25, 0.3) is 0 Å². The lowest BCUT2D eigenvalue weighted by Gasteiger charge is -2.49. The SMILES string of the molecule is NCCON=C(C(=O)NC1C(=O)N2C(C(=O)O)=C(CSc3nnnn3CC(=O)O)CS[C@H]12)c1nsc(N)n1. The van der Waals surface area contributed by atoms with Crippen LogP contribution in [0.3, 0.4) is 0 Å². The zero-order valence-electron chi connectivity index (χ0n) is 19.1. The second kappa shape index (κ2) is 11.7. The number of oxime groups is 1. The molecular weight excluding hydrogens is 566 g/mol. The summed E-state index contributed by atoms with van der Waals surface area (Å²) < 4.78 is 5.01. The Morgan fingerprint density at radius 3 is 2.76 bits per heavy atom. The fourth-order valence-corrected chi connectivity index (χ4v) is 6.16. The fraction of sp³-hybridized carbons (Fsp3) is 0.412. The van der Waals surface area contributed by atoms with Gasteiger partial charge in [0.05, 0.1) is 0 Å². The number of hydrogen-bond donors (Lipinski definition) is 5. The summed E-state index contributed by atoms with van der Waals surface area (Å²) in [6, 6.07) is -1.05. The highest BCUT2D eigenvalue weighted by atomic mass is 32.2. The Morgan fingerprint density at radius 1 is 1.32 bits per heavy atom. The molecule has 38 heavy (non-hydrogen) atoms. The van der Waals surface area contributed by atoms with Crippen LogP contribution in [-0.4, -0.2) is 110 Å². The first-order chi connectivity index (χ1) is 18.2. The maximum absolute atomic E-state index is 13.0. The van der Waals surface area contributed by atoms with E-state index >= 15 is 0 Å². The number of carbonyl (C=O) groups is 4. The molecule has 7 N–H and O–H groups in total. The van der Waals surface area contributed by atoms with Crippen LogP contribution in [0.4, 0.5) is 5.13 Å². The number of nitrogen functional groups attached to an aromatic ring is 1. The smallest absolute Gasteiger partial charge is 0.352 e. The van der Waals surface area contributed by atoms with Crippen LogP contribution in [0.2, 0.25) is 0 Å². The Bertz CT molecular complexity index is 1330. The van der Waals surface area contributed by atoms with E-state index in [-0.39, 0.29) is 52.2 Å². The van der Waals surface area contributed by atoms with E-state index in [0.717, 1.165) is 32.9 Å². The number of carboxylic acid groups (broad SMARTS) is 2. The maximum atomic E-state index is 13.0. The van der Waals surface area contributed by atoms with E-state index in [0.29, 0.717) is 5.57 Å². The van der Waals surface area contributed by atoms with E-state index in [2.05, 4.69) is 35.4 Å². The predicted molar refractivity (Wildman–Crippen MR) is 132 cm³/mol. The van der Waals surface area contributed by atoms with Crippen molar-refractivity contribution in [3.05, 3.63) is 17.1 Å². The number of aliphatic carboxylic acids is 2. The average Bonchev–Trinajstić information content (AvgIpc) is 3.50. The molecule has 4 heterocycles. The summed E-state index contributed by atoms with van der Waals surface area (Å²) in [7, 11) is 0. The van der Waals surface area contributed by atoms with Gasteiger partial charge in [-0.25, -0.2) is 9.48 Å². The molecule has 202 valence electrons. The van der Waals surface area contributed by atoms with E-state index in [1.165, 1.54) is 11.8 Å². The lowest BCUT2D eigenvalue weighted by atomic mass is 10.0. The highest BCUT2D eigenvalue weighted by Crippen LogP contribution is 2.41. The standard InChI is InChI=1S/C17H19N11O7S3/c18-1-2-35-23-8(11-21-16(19)38-24-11)12(31)20-9-13(32)28-10(15(33)34)6(4-36-14(9)28)5-37-17-22-25-26-27(17)3-7(29)30/h9,14H,1-5,18H2,(H,20,31)(H,29,30)(H,33,34)(H2,19,21,24)/t9?,14-/m1/s1. The lowest BCUT2D eigenvalue weighted by Crippen LogP contribution is -2.71. The number of carbonyl (C=O) groups excluding carboxylic acids is 2. The normalized spacial score (nSPS) is 19.1. The minimum Gasteiger partial charge on any atom is -0.480 e. The first-order valence-corrected chi connectivity index (χ1v) is 13.3. The molecular formula is C17H19N11O7S3. The third kappa shape index (κ3) is 5.69. The summed E-state index contributed by atoms with van der Waals surface area (Å²) in [6.45, 7) is -0.311. The number of carboxylic acids is 2. The molecule has 0 radical (unpaired) electrons. The van der Waals surface area contributed by atoms with Gasteiger partial charge >= 0.3 is 11.9 Å². The average molecular weight is 586 g/mol. The first kappa shape index (κ1) is 27.2. The van der Waals surface area contributed by atoms with Crippen molar-refractivity contribution in [2.45, 2.75) is 23.1 Å². The van der Waals surface area contributed by atoms with E-state index in [1.54, 1.807) is 0 Å². The fourth-order valence-electron chi connectivity index (χ4n) is 3.36. The van der Waals surface area contributed by atoms with E-state index in [9.17, 15) is 24.3 Å². The molecule has 0 spiro atoms. The molecule has 21 heteroatoms. The minimum atomic E-state index is -1.33. The molecule has 0 bridgehead atoms. The summed E-state index contributed by atoms with van der Waals surface area (Å²) in [5.41, 5.74) is 10.8. The monoisotopic (exact) mass is 585 g/mol. The molecule has 2 amide bonds. The third-order valence-electron chi connectivity index (χ3n) is 4.93. The molecule has 0 aliphatic carbocycles. The van der Waals surface area contributed by atoms with Crippen LogP contribution in [-0.2, 0) is 30.6 Å². The first-order valence-electron chi connectivity index (χ1n) is 10.5. The zero-order chi connectivity index (χ0) is 27.4. The molecule has 1 saturated heterocycles. The number of nitrogens with one attached hydrogen (secondary N) is 1. The molecule has 2 aromatic rings. The van der Waals surface area contributed by atoms with Gasteiger partial charge in [0.25, 0.3) is 11.8 Å². The minimum absolute atomic E-state index is 0.0151. The van der Waals surface area contributed by atoms with Gasteiger partial charge in [-0.3, -0.25) is 19.3 Å². The number of β-lactam (4-membered cyclic amide) rings is 1. The van der Waals surface area contributed by atoms with Crippen LogP contribution >= 0.6 is 35.1 Å². The Labute approximate surface area is 225 Å². The molecule has 4 rings (SSSR count). The second-order valence-corrected chi connectivity index (χ2v) is 10.3. The topological polar surface area (TPSA) is 267 Å². The third-order valence-corrected chi connectivity index (χ3v) is 7.86. The van der Waals surface area contributed by atoms with Gasteiger partial charge in [-0.2, -0.15) is 9.36 Å². The van der Waals surface area contributed by atoms with Crippen molar-refractivity contribution in [2.24, 2.45) is 10.9 Å². The summed E-state index contributed by atoms with van der Waals surface area (Å²) in [6.07, 6.45) is 0. The number of nitrogens with two attached hydrogens (primary N) is 2. The number of anilines is 1. The molecule has 2 aromatic heterocycles. The number of thioether (sulfide) groups is 2. The number of tetrazole rings is 1. The van der Waals surface area contributed by atoms with Crippen molar-refractivity contribution in [1.82, 2.24) is 39.8 Å². The van der Waals surface area contributed by atoms with E-state index in [1.807, 2.05) is 0 Å². The number of amides is 2. The second-order valence-electron chi connectivity index (χ2n) is 7.44. The Hall–Kier alpha value is -3.82. The predicted octanol–water partition coefficient (Wildman–Crippen LogP) is -2.60. The summed E-state index contributed by atoms with van der Waals surface area (Å²) >= 11 is 3.12. The molecule has 18 nitrogen and oxygen atoms in total. The van der Waals surface area contributed by atoms with Crippen LogP contribution in [0, 0.1) is 0 Å². The van der Waals surface area contributed by atoms with Gasteiger partial charge in [-0.05, 0) is 16.0 Å². The summed E-state index contributed by atoms with van der Waals surface area (Å²) in [5, 5.41) is 35.4. The molecule has 2 atom stereocenters. The van der Waals surface area contributed by atoms with Crippen molar-refractivity contribution in [1.29, 1.82) is 0 Å². The van der Waals surface area contributed by atoms with E-state index in [4.69, 9.17) is 21.4 Å². The summed E-state index contributed by atoms with van der Waals surface area (Å²) in [4.78, 5) is 59.0. The molecule has 0 saturated carbocycles. The van der Waals surface area contributed by atoms with E-state index < -0.39 is 41.7 Å². The number of rotatable bonds is 12. The number of fused-ring (bicyclic) bond motifs is 1. The van der Waals surface area contributed by atoms with Crippen molar-refractivity contribution in [3.8, 4) is 0 Å². The number of aromatic nitrogens is 6. The van der Waals surface area contributed by atoms with Gasteiger partial charge < -0.3 is 31.8 Å². The molecule has 0 aromatic carbocycles. The number of hydrogen-bond acceptors (Lipinski definition) is 16. The Balaban J connectivity index is 1.48. The molecule has 2 aliphatic heterocycles. The Morgan fingerprint density at radius 2 is 2.11 bits per heavy atom. The van der Waals surface area contributed by atoms with Crippen LogP contribution in [0.1, 0.15) is 5.82 Å². The highest BCUT2D eigenvalue weighted by Gasteiger charge is 2.54. The van der Waals surface area contributed by atoms with Crippen LogP contribution in [0.15, 0.2) is 21.6 Å². The number of nitrogens with zero attached hydrogens (tertiary/aromatic N) is 8. The Kier molecular flexibility index (Phi) is 8.38. The van der Waals surface area contributed by atoms with Crippen LogP contribution in [0.5, 0.6) is 0 Å². The molecule has 1 fully saturated rings. The van der Waals surface area contributed by atoms with Gasteiger partial charge in [-0.15, -0.1) is 16.9 Å². The van der Waals surface area contributed by atoms with Crippen molar-refractivity contribution in [3.63, 3.8) is 0 Å². The maximum Gasteiger partial charge on any atom is 0.352 e. The van der Waals surface area contributed by atoms with Crippen molar-refractivity contribution < 1.29 is 34.2 Å². The van der Waals surface area contributed by atoms with Gasteiger partial charge in [-0.1, -0.05) is 16.9 Å². The van der Waals surface area contributed by atoms with Crippen molar-refractivity contribution in [2.75, 3.05) is 30.4 Å². The zero-order valence-corrected chi connectivity index (χ0v) is 21.5. The van der Waals surface area contributed by atoms with Crippen molar-refractivity contribution >= 4 is 69.7 Å². The van der Waals surface area contributed by atoms with Gasteiger partial charge in [0.15, 0.2) is 5.13 Å². The largest absolute Gasteiger partial charge is 0.480 e. The van der Waals surface area contributed by atoms with Crippen LogP contribution < -0.4 is 16.8 Å².